The van der Waals surface area contributed by atoms with Gasteiger partial charge in [0.1, 0.15) is 29.9 Å². The maximum Gasteiger partial charge on any atom is 0.198 e. The summed E-state index contributed by atoms with van der Waals surface area (Å²) >= 11 is 5.34. The molecular weight excluding hydrogens is 665 g/mol. The van der Waals surface area contributed by atoms with Crippen LogP contribution in [-0.4, -0.2) is 51.7 Å². The van der Waals surface area contributed by atoms with Crippen molar-refractivity contribution in [1.82, 2.24) is 14.9 Å². The van der Waals surface area contributed by atoms with E-state index in [0.717, 1.165) is 18.2 Å². The summed E-state index contributed by atoms with van der Waals surface area (Å²) in [6.07, 6.45) is 3.21. The minimum Gasteiger partial charge on any atom is -0.490 e. The second kappa shape index (κ2) is 14.8. The van der Waals surface area contributed by atoms with E-state index in [4.69, 9.17) is 26.4 Å². The maximum absolute atomic E-state index is 15.6. The van der Waals surface area contributed by atoms with E-state index in [1.807, 2.05) is 30.7 Å². The summed E-state index contributed by atoms with van der Waals surface area (Å²) in [5.41, 5.74) is 0.181. The number of fused-ring (bicyclic) bond motifs is 1. The molecule has 49 heavy (non-hydrogen) atoms. The predicted octanol–water partition coefficient (Wildman–Crippen LogP) is 8.58. The highest BCUT2D eigenvalue weighted by Crippen LogP contribution is 2.41. The van der Waals surface area contributed by atoms with Crippen molar-refractivity contribution in [2.24, 2.45) is 0 Å². The summed E-state index contributed by atoms with van der Waals surface area (Å²) in [7, 11) is -1.33. The van der Waals surface area contributed by atoms with Crippen LogP contribution in [0.2, 0.25) is 25.7 Å². The molecule has 13 heteroatoms. The van der Waals surface area contributed by atoms with E-state index in [1.54, 1.807) is 39.8 Å². The smallest absolute Gasteiger partial charge is 0.198 e. The molecule has 0 fully saturated rings. The molecule has 9 nitrogen and oxygen atoms in total. The number of nitrogens with one attached hydrogen (secondary N) is 2. The Morgan fingerprint density at radius 1 is 1.08 bits per heavy atom. The fourth-order valence-electron chi connectivity index (χ4n) is 4.71. The van der Waals surface area contributed by atoms with Gasteiger partial charge in [-0.15, -0.1) is 0 Å². The van der Waals surface area contributed by atoms with Gasteiger partial charge < -0.3 is 34.5 Å². The largest absolute Gasteiger partial charge is 0.490 e. The monoisotopic (exact) mass is 709 g/mol. The van der Waals surface area contributed by atoms with Crippen molar-refractivity contribution in [3.8, 4) is 34.4 Å². The van der Waals surface area contributed by atoms with Crippen LogP contribution < -0.4 is 20.1 Å². The van der Waals surface area contributed by atoms with Gasteiger partial charge in [0.2, 0.25) is 0 Å². The fourth-order valence-corrected chi connectivity index (χ4v) is 5.84. The third kappa shape index (κ3) is 9.33. The summed E-state index contributed by atoms with van der Waals surface area (Å²) in [4.78, 5) is 4.58. The lowest BCUT2D eigenvalue weighted by Gasteiger charge is -2.38. The van der Waals surface area contributed by atoms with Gasteiger partial charge in [-0.25, -0.2) is 13.8 Å². The molecule has 2 aromatic heterocycles. The first-order valence-electron chi connectivity index (χ1n) is 16.0. The first kappa shape index (κ1) is 37.7. The molecule has 4 rings (SSSR count). The molecule has 0 saturated heterocycles. The van der Waals surface area contributed by atoms with Gasteiger partial charge in [0.25, 0.3) is 0 Å². The molecule has 0 bridgehead atoms. The zero-order valence-corrected chi connectivity index (χ0v) is 31.3. The average Bonchev–Trinajstić information content (AvgIpc) is 3.35. The Morgan fingerprint density at radius 2 is 1.76 bits per heavy atom. The van der Waals surface area contributed by atoms with E-state index >= 15 is 8.78 Å². The lowest BCUT2D eigenvalue weighted by Crippen LogP contribution is -2.58. The Labute approximate surface area is 293 Å². The zero-order chi connectivity index (χ0) is 36.3. The first-order chi connectivity index (χ1) is 22.8. The highest BCUT2D eigenvalue weighted by molar-refractivity contribution is 7.80. The predicted molar refractivity (Wildman–Crippen MR) is 196 cm³/mol. The van der Waals surface area contributed by atoms with E-state index in [9.17, 15) is 10.4 Å². The van der Waals surface area contributed by atoms with Gasteiger partial charge in [-0.2, -0.15) is 5.26 Å². The third-order valence-corrected chi connectivity index (χ3v) is 10.1. The molecule has 0 spiro atoms. The van der Waals surface area contributed by atoms with Gasteiger partial charge in [-0.3, -0.25) is 0 Å². The quantitative estimate of drug-likeness (QED) is 0.0714. The van der Waals surface area contributed by atoms with Gasteiger partial charge >= 0.3 is 0 Å². The van der Waals surface area contributed by atoms with Crippen molar-refractivity contribution < 1.29 is 28.1 Å². The Balaban J connectivity index is 1.73. The van der Waals surface area contributed by atoms with E-state index in [2.05, 4.69) is 41.3 Å². The number of ether oxygens (including phenoxy) is 3. The lowest BCUT2D eigenvalue weighted by molar-refractivity contribution is 0.00498. The maximum atomic E-state index is 15.6. The van der Waals surface area contributed by atoms with Crippen LogP contribution in [0.15, 0.2) is 48.8 Å². The van der Waals surface area contributed by atoms with Gasteiger partial charge in [0.05, 0.1) is 28.2 Å². The molecule has 262 valence electrons. The number of hydrogen-bond acceptors (Lipinski definition) is 7. The number of benzene rings is 2. The number of pyridine rings is 1. The summed E-state index contributed by atoms with van der Waals surface area (Å²) in [6, 6.07) is 12.1. The van der Waals surface area contributed by atoms with Crippen LogP contribution in [0.3, 0.4) is 0 Å². The minimum atomic E-state index is -1.33. The van der Waals surface area contributed by atoms with E-state index in [-0.39, 0.29) is 29.4 Å². The topological polar surface area (TPSA) is 114 Å². The molecule has 2 aromatic carbocycles. The molecular formula is C36H45F2N5O4SSi. The lowest BCUT2D eigenvalue weighted by atomic mass is 9.86. The van der Waals surface area contributed by atoms with Crippen LogP contribution in [-0.2, 0) is 11.5 Å². The van der Waals surface area contributed by atoms with Crippen molar-refractivity contribution >= 4 is 42.1 Å². The van der Waals surface area contributed by atoms with Gasteiger partial charge in [0.15, 0.2) is 22.5 Å². The first-order valence-corrected chi connectivity index (χ1v) is 20.2. The number of thiocarbonyl (C=S) groups is 1. The Kier molecular flexibility index (Phi) is 11.4. The van der Waals surface area contributed by atoms with Crippen molar-refractivity contribution in [3.05, 3.63) is 66.0 Å². The standard InChI is InChI=1S/C36H45F2N5O4SSi/c1-22(2)46-29-11-10-23(16-24(29)19-39)26-20-43(21-45-14-15-49(7,8)9)33-31(26)30(12-13-40-33)47-32-27(37)17-25(18-28(32)38)41-34(48)42-35(3,4)36(5,6)44/h10-13,16-18,20,22,44H,14-15,21H2,1-9H3,(H2,41,42,48). The number of anilines is 1. The highest BCUT2D eigenvalue weighted by Gasteiger charge is 2.35. The molecule has 0 aliphatic carbocycles. The van der Waals surface area contributed by atoms with Crippen molar-refractivity contribution in [3.63, 3.8) is 0 Å². The Hall–Kier alpha value is -4.09. The third-order valence-electron chi connectivity index (χ3n) is 8.14. The van der Waals surface area contributed by atoms with Crippen LogP contribution >= 0.6 is 12.2 Å². The molecule has 0 radical (unpaired) electrons. The molecule has 0 amide bonds. The van der Waals surface area contributed by atoms with Crippen LogP contribution in [0.25, 0.3) is 22.2 Å². The minimum absolute atomic E-state index is 0.0568. The number of nitrogens with zero attached hydrogens (tertiary/aromatic N) is 3. The van der Waals surface area contributed by atoms with Crippen molar-refractivity contribution in [2.45, 2.75) is 91.2 Å². The second-order valence-corrected chi connectivity index (χ2v) is 20.5. The van der Waals surface area contributed by atoms with Crippen LogP contribution in [0.1, 0.15) is 47.1 Å². The number of rotatable bonds is 13. The van der Waals surface area contributed by atoms with Crippen LogP contribution in [0.5, 0.6) is 17.2 Å². The number of aliphatic hydroxyl groups is 1. The van der Waals surface area contributed by atoms with Crippen LogP contribution in [0.4, 0.5) is 14.5 Å². The number of nitriles is 1. The molecule has 2 heterocycles. The highest BCUT2D eigenvalue weighted by atomic mass is 32.1. The molecule has 0 atom stereocenters. The number of hydrogen-bond donors (Lipinski definition) is 3. The summed E-state index contributed by atoms with van der Waals surface area (Å²) in [5, 5.41) is 26.7. The SMILES string of the molecule is CC(C)Oc1ccc(-c2cn(COCC[Si](C)(C)C)c3nccc(Oc4c(F)cc(NC(=S)NC(C)(C)C(C)(C)O)cc4F)c23)cc1C#N. The summed E-state index contributed by atoms with van der Waals surface area (Å²) in [5.74, 6) is -1.93. The molecule has 0 aliphatic rings. The second-order valence-electron chi connectivity index (χ2n) is 14.5. The van der Waals surface area contributed by atoms with E-state index < -0.39 is 36.6 Å². The molecule has 0 unspecified atom stereocenters. The zero-order valence-electron chi connectivity index (χ0n) is 29.5. The van der Waals surface area contributed by atoms with Crippen LogP contribution in [0, 0.1) is 23.0 Å². The summed E-state index contributed by atoms with van der Waals surface area (Å²) in [6.45, 7) is 18.1. The Morgan fingerprint density at radius 3 is 2.35 bits per heavy atom. The normalized spacial score (nSPS) is 12.2. The molecule has 3 N–H and O–H groups in total. The number of halogens is 2. The molecule has 4 aromatic rings. The molecule has 0 saturated carbocycles. The van der Waals surface area contributed by atoms with Crippen molar-refractivity contribution in [1.29, 1.82) is 5.26 Å². The van der Waals surface area contributed by atoms with E-state index in [1.165, 1.54) is 12.3 Å². The van der Waals surface area contributed by atoms with Gasteiger partial charge in [-0.1, -0.05) is 25.7 Å². The van der Waals surface area contributed by atoms with Gasteiger partial charge in [0, 0.05) is 50.5 Å². The van der Waals surface area contributed by atoms with Crippen molar-refractivity contribution in [2.75, 3.05) is 11.9 Å². The molecule has 0 aliphatic heterocycles. The van der Waals surface area contributed by atoms with E-state index in [0.29, 0.717) is 40.1 Å². The van der Waals surface area contributed by atoms with Gasteiger partial charge in [-0.05, 0) is 83.6 Å². The average molecular weight is 710 g/mol. The fraction of sp³-hybridized carbons (Fsp3) is 0.417. The Bertz CT molecular complexity index is 1850. The summed E-state index contributed by atoms with van der Waals surface area (Å²) < 4.78 is 50.8. The number of aromatic nitrogens is 2.